The number of carbonyl (C=O) groups excluding carboxylic acids is 1. The smallest absolute Gasteiger partial charge is 0.253 e. The SMILES string of the molecule is Cc1cc(C)cc(C(=O)N2CCN(CC(C#N)CCC#N)CC2)c1. The van der Waals surface area contributed by atoms with Gasteiger partial charge in [-0.2, -0.15) is 10.5 Å². The first-order chi connectivity index (χ1) is 11.5. The molecule has 0 aliphatic carbocycles. The Labute approximate surface area is 144 Å². The van der Waals surface area contributed by atoms with E-state index >= 15 is 0 Å². The van der Waals surface area contributed by atoms with Crippen LogP contribution in [-0.2, 0) is 0 Å². The van der Waals surface area contributed by atoms with Gasteiger partial charge in [-0.15, -0.1) is 0 Å². The fraction of sp³-hybridized carbons (Fsp3) is 0.526. The Hall–Kier alpha value is -2.37. The van der Waals surface area contributed by atoms with Crippen LogP contribution in [-0.4, -0.2) is 48.4 Å². The Morgan fingerprint density at radius 2 is 1.75 bits per heavy atom. The summed E-state index contributed by atoms with van der Waals surface area (Å²) in [4.78, 5) is 16.8. The summed E-state index contributed by atoms with van der Waals surface area (Å²) >= 11 is 0. The number of benzene rings is 1. The largest absolute Gasteiger partial charge is 0.336 e. The molecule has 1 atom stereocenters. The van der Waals surface area contributed by atoms with Gasteiger partial charge in [0, 0.05) is 44.7 Å². The Morgan fingerprint density at radius 1 is 1.12 bits per heavy atom. The molecule has 0 bridgehead atoms. The normalized spacial score (nSPS) is 16.2. The van der Waals surface area contributed by atoms with Gasteiger partial charge in [0.25, 0.3) is 5.91 Å². The molecule has 0 N–H and O–H groups in total. The molecule has 1 aliphatic rings. The number of nitrogens with zero attached hydrogens (tertiary/aromatic N) is 4. The monoisotopic (exact) mass is 324 g/mol. The highest BCUT2D eigenvalue weighted by atomic mass is 16.2. The Kier molecular flexibility index (Phi) is 6.35. The molecule has 1 aliphatic heterocycles. The lowest BCUT2D eigenvalue weighted by molar-refractivity contribution is 0.0625. The van der Waals surface area contributed by atoms with Crippen molar-refractivity contribution in [3.05, 3.63) is 34.9 Å². The van der Waals surface area contributed by atoms with Crippen LogP contribution in [0.1, 0.15) is 34.3 Å². The molecule has 126 valence electrons. The van der Waals surface area contributed by atoms with E-state index in [-0.39, 0.29) is 11.8 Å². The molecule has 1 amide bonds. The average Bonchev–Trinajstić information content (AvgIpc) is 2.57. The molecule has 1 unspecified atom stereocenters. The van der Waals surface area contributed by atoms with Gasteiger partial charge in [0.15, 0.2) is 0 Å². The van der Waals surface area contributed by atoms with Crippen molar-refractivity contribution in [2.75, 3.05) is 32.7 Å². The minimum atomic E-state index is -0.105. The summed E-state index contributed by atoms with van der Waals surface area (Å²) in [7, 11) is 0. The summed E-state index contributed by atoms with van der Waals surface area (Å²) in [5.41, 5.74) is 2.96. The number of piperazine rings is 1. The second kappa shape index (κ2) is 8.47. The molecule has 2 rings (SSSR count). The predicted molar refractivity (Wildman–Crippen MR) is 92.2 cm³/mol. The fourth-order valence-electron chi connectivity index (χ4n) is 3.16. The van der Waals surface area contributed by atoms with E-state index in [1.807, 2.05) is 30.9 Å². The zero-order valence-corrected chi connectivity index (χ0v) is 14.5. The maximum atomic E-state index is 12.6. The lowest BCUT2D eigenvalue weighted by Crippen LogP contribution is -2.49. The third-order valence-electron chi connectivity index (χ3n) is 4.39. The molecule has 5 heteroatoms. The summed E-state index contributed by atoms with van der Waals surface area (Å²) in [6.45, 7) is 7.62. The molecule has 24 heavy (non-hydrogen) atoms. The van der Waals surface area contributed by atoms with Gasteiger partial charge in [-0.3, -0.25) is 9.69 Å². The zero-order chi connectivity index (χ0) is 17.5. The maximum Gasteiger partial charge on any atom is 0.253 e. The first-order valence-electron chi connectivity index (χ1n) is 8.40. The van der Waals surface area contributed by atoms with Crippen LogP contribution in [0.25, 0.3) is 0 Å². The van der Waals surface area contributed by atoms with E-state index in [0.717, 1.165) is 29.8 Å². The first-order valence-corrected chi connectivity index (χ1v) is 8.40. The number of rotatable bonds is 5. The quantitative estimate of drug-likeness (QED) is 0.834. The second-order valence-electron chi connectivity index (χ2n) is 6.49. The van der Waals surface area contributed by atoms with E-state index in [1.54, 1.807) is 0 Å². The molecule has 1 aromatic rings. The summed E-state index contributed by atoms with van der Waals surface area (Å²) in [6, 6.07) is 10.3. The molecule has 0 spiro atoms. The van der Waals surface area contributed by atoms with Crippen LogP contribution in [0.15, 0.2) is 18.2 Å². The van der Waals surface area contributed by atoms with Crippen LogP contribution in [0.4, 0.5) is 0 Å². The summed E-state index contributed by atoms with van der Waals surface area (Å²) < 4.78 is 0. The van der Waals surface area contributed by atoms with Gasteiger partial charge in [0.05, 0.1) is 18.1 Å². The van der Waals surface area contributed by atoms with Crippen molar-refractivity contribution >= 4 is 5.91 Å². The van der Waals surface area contributed by atoms with E-state index in [1.165, 1.54) is 0 Å². The molecule has 1 saturated heterocycles. The fourth-order valence-corrected chi connectivity index (χ4v) is 3.16. The molecular weight excluding hydrogens is 300 g/mol. The van der Waals surface area contributed by atoms with Crippen molar-refractivity contribution in [1.29, 1.82) is 10.5 Å². The lowest BCUT2D eigenvalue weighted by Gasteiger charge is -2.35. The van der Waals surface area contributed by atoms with E-state index < -0.39 is 0 Å². The third-order valence-corrected chi connectivity index (χ3v) is 4.39. The highest BCUT2D eigenvalue weighted by Crippen LogP contribution is 2.15. The molecule has 5 nitrogen and oxygen atoms in total. The third kappa shape index (κ3) is 4.81. The molecule has 0 saturated carbocycles. The summed E-state index contributed by atoms with van der Waals surface area (Å²) in [5.74, 6) is -0.0194. The van der Waals surface area contributed by atoms with Gasteiger partial charge in [0.2, 0.25) is 0 Å². The number of hydrogen-bond donors (Lipinski definition) is 0. The van der Waals surface area contributed by atoms with E-state index in [4.69, 9.17) is 5.26 Å². The molecule has 1 heterocycles. The van der Waals surface area contributed by atoms with Crippen molar-refractivity contribution in [2.45, 2.75) is 26.7 Å². The minimum absolute atomic E-state index is 0.0859. The minimum Gasteiger partial charge on any atom is -0.336 e. The van der Waals surface area contributed by atoms with Gasteiger partial charge in [0.1, 0.15) is 0 Å². The molecule has 0 radical (unpaired) electrons. The topological polar surface area (TPSA) is 71.1 Å². The number of nitriles is 2. The zero-order valence-electron chi connectivity index (χ0n) is 14.5. The highest BCUT2D eigenvalue weighted by molar-refractivity contribution is 5.94. The molecular formula is C19H24N4O. The average molecular weight is 324 g/mol. The van der Waals surface area contributed by atoms with Gasteiger partial charge in [-0.25, -0.2) is 0 Å². The van der Waals surface area contributed by atoms with Gasteiger partial charge < -0.3 is 4.90 Å². The summed E-state index contributed by atoms with van der Waals surface area (Å²) in [6.07, 6.45) is 1.04. The Balaban J connectivity index is 1.89. The Bertz CT molecular complexity index is 643. The van der Waals surface area contributed by atoms with Crippen LogP contribution in [0, 0.1) is 42.4 Å². The van der Waals surface area contributed by atoms with Crippen LogP contribution >= 0.6 is 0 Å². The molecule has 1 fully saturated rings. The standard InChI is InChI=1S/C19H24N4O/c1-15-10-16(2)12-18(11-15)19(24)23-8-6-22(7-9-23)14-17(13-21)4-3-5-20/h10-12,17H,3-4,6-9,14H2,1-2H3. The van der Waals surface area contributed by atoms with Gasteiger partial charge in [-0.1, -0.05) is 17.2 Å². The summed E-state index contributed by atoms with van der Waals surface area (Å²) in [5, 5.41) is 17.8. The van der Waals surface area contributed by atoms with E-state index in [9.17, 15) is 10.1 Å². The van der Waals surface area contributed by atoms with Crippen molar-refractivity contribution < 1.29 is 4.79 Å². The van der Waals surface area contributed by atoms with Crippen molar-refractivity contribution in [3.63, 3.8) is 0 Å². The lowest BCUT2D eigenvalue weighted by atomic mass is 10.0. The van der Waals surface area contributed by atoms with Gasteiger partial charge >= 0.3 is 0 Å². The van der Waals surface area contributed by atoms with Crippen molar-refractivity contribution in [2.24, 2.45) is 5.92 Å². The van der Waals surface area contributed by atoms with Gasteiger partial charge in [-0.05, 0) is 32.4 Å². The number of hydrogen-bond acceptors (Lipinski definition) is 4. The van der Waals surface area contributed by atoms with Crippen LogP contribution in [0.2, 0.25) is 0 Å². The van der Waals surface area contributed by atoms with Crippen LogP contribution in [0.3, 0.4) is 0 Å². The first kappa shape index (κ1) is 18.0. The second-order valence-corrected chi connectivity index (χ2v) is 6.49. The van der Waals surface area contributed by atoms with Crippen LogP contribution < -0.4 is 0 Å². The maximum absolute atomic E-state index is 12.6. The van der Waals surface area contributed by atoms with Crippen LogP contribution in [0.5, 0.6) is 0 Å². The predicted octanol–water partition coefficient (Wildman–Crippen LogP) is 2.50. The molecule has 0 aromatic heterocycles. The Morgan fingerprint density at radius 3 is 2.29 bits per heavy atom. The number of aryl methyl sites for hydroxylation is 2. The van der Waals surface area contributed by atoms with Crippen molar-refractivity contribution in [3.8, 4) is 12.1 Å². The van der Waals surface area contributed by atoms with E-state index in [0.29, 0.717) is 32.5 Å². The highest BCUT2D eigenvalue weighted by Gasteiger charge is 2.24. The number of amides is 1. The van der Waals surface area contributed by atoms with E-state index in [2.05, 4.69) is 23.1 Å². The molecule has 1 aromatic carbocycles. The number of carbonyl (C=O) groups is 1. The van der Waals surface area contributed by atoms with Crippen molar-refractivity contribution in [1.82, 2.24) is 9.80 Å².